The van der Waals surface area contributed by atoms with E-state index in [1.807, 2.05) is 0 Å². The number of rotatable bonds is 4. The zero-order chi connectivity index (χ0) is 18.4. The molecule has 1 aromatic heterocycles. The second-order valence-corrected chi connectivity index (χ2v) is 6.92. The maximum atomic E-state index is 12.4. The first kappa shape index (κ1) is 16.9. The highest BCUT2D eigenvalue weighted by molar-refractivity contribution is 6.00. The van der Waals surface area contributed by atoms with Crippen LogP contribution in [0.1, 0.15) is 19.5 Å². The highest BCUT2D eigenvalue weighted by Crippen LogP contribution is 2.58. The molecule has 130 valence electrons. The molecule has 7 nitrogen and oxygen atoms in total. The summed E-state index contributed by atoms with van der Waals surface area (Å²) < 4.78 is 0. The second-order valence-electron chi connectivity index (χ2n) is 6.92. The molecule has 25 heavy (non-hydrogen) atoms. The average molecular weight is 341 g/mol. The molecule has 3 rings (SSSR count). The molecule has 1 heterocycles. The van der Waals surface area contributed by atoms with Crippen LogP contribution in [0.15, 0.2) is 35.1 Å². The first-order valence-corrected chi connectivity index (χ1v) is 7.92. The van der Waals surface area contributed by atoms with E-state index in [0.29, 0.717) is 22.8 Å². The zero-order valence-electron chi connectivity index (χ0n) is 14.2. The third-order valence-corrected chi connectivity index (χ3v) is 4.65. The molecule has 0 radical (unpaired) electrons. The smallest absolute Gasteiger partial charge is 0.307 e. The van der Waals surface area contributed by atoms with Crippen molar-refractivity contribution in [2.24, 2.45) is 17.3 Å². The van der Waals surface area contributed by atoms with Crippen molar-refractivity contribution < 1.29 is 14.7 Å². The minimum Gasteiger partial charge on any atom is -0.481 e. The Morgan fingerprint density at radius 3 is 2.56 bits per heavy atom. The van der Waals surface area contributed by atoms with E-state index in [2.05, 4.69) is 15.3 Å². The molecule has 1 aliphatic carbocycles. The van der Waals surface area contributed by atoms with Crippen LogP contribution in [0.2, 0.25) is 0 Å². The molecule has 7 heteroatoms. The zero-order valence-corrected chi connectivity index (χ0v) is 14.2. The summed E-state index contributed by atoms with van der Waals surface area (Å²) in [4.78, 5) is 42.2. The van der Waals surface area contributed by atoms with E-state index in [9.17, 15) is 19.5 Å². The third kappa shape index (κ3) is 3.17. The van der Waals surface area contributed by atoms with Crippen LogP contribution < -0.4 is 10.9 Å². The quantitative estimate of drug-likeness (QED) is 0.788. The number of amides is 1. The van der Waals surface area contributed by atoms with E-state index < -0.39 is 23.2 Å². The van der Waals surface area contributed by atoms with Gasteiger partial charge in [0.1, 0.15) is 5.82 Å². The topological polar surface area (TPSA) is 112 Å². The summed E-state index contributed by atoms with van der Waals surface area (Å²) in [5.74, 6) is -2.10. The van der Waals surface area contributed by atoms with Gasteiger partial charge in [0.2, 0.25) is 5.91 Å². The molecule has 1 saturated carbocycles. The predicted molar refractivity (Wildman–Crippen MR) is 92.1 cm³/mol. The Kier molecular flexibility index (Phi) is 3.94. The summed E-state index contributed by atoms with van der Waals surface area (Å²) >= 11 is 0. The lowest BCUT2D eigenvalue weighted by Gasteiger charge is -2.08. The Hall–Kier alpha value is -2.96. The van der Waals surface area contributed by atoms with Gasteiger partial charge in [-0.1, -0.05) is 26.0 Å². The first-order chi connectivity index (χ1) is 11.7. The van der Waals surface area contributed by atoms with Crippen molar-refractivity contribution in [1.82, 2.24) is 9.97 Å². The summed E-state index contributed by atoms with van der Waals surface area (Å²) in [5, 5.41) is 12.0. The number of carboxylic acid groups (broad SMARTS) is 1. The number of hydrogen-bond donors (Lipinski definition) is 3. The standard InChI is InChI=1S/C18H19N3O4/c1-9-7-12(22)21-15(19-9)10-5-4-6-11(8-10)20-16(23)13-14(17(24)25)18(13,2)3/h4-8,13-14H,1-3H3,(H,20,23)(H,24,25)(H,19,21,22). The fourth-order valence-electron chi connectivity index (χ4n) is 3.27. The van der Waals surface area contributed by atoms with Gasteiger partial charge in [0.25, 0.3) is 5.56 Å². The van der Waals surface area contributed by atoms with Gasteiger partial charge in [-0.3, -0.25) is 14.4 Å². The number of aliphatic carboxylic acids is 1. The van der Waals surface area contributed by atoms with Crippen LogP contribution in [-0.2, 0) is 9.59 Å². The molecule has 1 fully saturated rings. The lowest BCUT2D eigenvalue weighted by molar-refractivity contribution is -0.140. The average Bonchev–Trinajstić information content (AvgIpc) is 3.09. The maximum absolute atomic E-state index is 12.4. The van der Waals surface area contributed by atoms with E-state index >= 15 is 0 Å². The molecule has 1 aliphatic rings. The summed E-state index contributed by atoms with van der Waals surface area (Å²) in [5.41, 5.74) is 0.969. The molecule has 0 bridgehead atoms. The number of aromatic amines is 1. The number of carbonyl (C=O) groups is 2. The molecular weight excluding hydrogens is 322 g/mol. The number of anilines is 1. The number of aryl methyl sites for hydroxylation is 1. The van der Waals surface area contributed by atoms with Gasteiger partial charge in [0.15, 0.2) is 0 Å². The fourth-order valence-corrected chi connectivity index (χ4v) is 3.27. The van der Waals surface area contributed by atoms with E-state index in [0.717, 1.165) is 0 Å². The normalized spacial score (nSPS) is 20.8. The van der Waals surface area contributed by atoms with Crippen molar-refractivity contribution >= 4 is 17.6 Å². The van der Waals surface area contributed by atoms with Crippen molar-refractivity contribution in [3.63, 3.8) is 0 Å². The summed E-state index contributed by atoms with van der Waals surface area (Å²) in [6, 6.07) is 8.31. The number of nitrogens with one attached hydrogen (secondary N) is 2. The van der Waals surface area contributed by atoms with Crippen LogP contribution in [0.4, 0.5) is 5.69 Å². The third-order valence-electron chi connectivity index (χ3n) is 4.65. The molecule has 2 unspecified atom stereocenters. The van der Waals surface area contributed by atoms with Gasteiger partial charge >= 0.3 is 5.97 Å². The first-order valence-electron chi connectivity index (χ1n) is 7.92. The largest absolute Gasteiger partial charge is 0.481 e. The molecule has 0 spiro atoms. The molecule has 0 saturated heterocycles. The van der Waals surface area contributed by atoms with E-state index in [1.54, 1.807) is 45.0 Å². The number of nitrogens with zero attached hydrogens (tertiary/aromatic N) is 1. The Morgan fingerprint density at radius 1 is 1.24 bits per heavy atom. The van der Waals surface area contributed by atoms with Crippen molar-refractivity contribution in [3.05, 3.63) is 46.4 Å². The minimum absolute atomic E-state index is 0.249. The fraction of sp³-hybridized carbons (Fsp3) is 0.333. The molecule has 3 N–H and O–H groups in total. The predicted octanol–water partition coefficient (Wildman–Crippen LogP) is 2.04. The molecule has 1 amide bonds. The van der Waals surface area contributed by atoms with Gasteiger partial charge in [-0.15, -0.1) is 0 Å². The van der Waals surface area contributed by atoms with Crippen LogP contribution in [0.25, 0.3) is 11.4 Å². The Morgan fingerprint density at radius 2 is 1.96 bits per heavy atom. The molecule has 2 aromatic rings. The second kappa shape index (κ2) is 5.84. The van der Waals surface area contributed by atoms with Crippen molar-refractivity contribution in [3.8, 4) is 11.4 Å². The number of hydrogen-bond acceptors (Lipinski definition) is 4. The van der Waals surface area contributed by atoms with Crippen molar-refractivity contribution in [2.75, 3.05) is 5.32 Å². The van der Waals surface area contributed by atoms with Crippen LogP contribution in [0, 0.1) is 24.2 Å². The minimum atomic E-state index is -0.958. The lowest BCUT2D eigenvalue weighted by atomic mass is 10.1. The monoisotopic (exact) mass is 341 g/mol. The Balaban J connectivity index is 1.82. The summed E-state index contributed by atoms with van der Waals surface area (Å²) in [6.45, 7) is 5.27. The molecule has 2 atom stereocenters. The van der Waals surface area contributed by atoms with E-state index in [-0.39, 0.29) is 11.5 Å². The van der Waals surface area contributed by atoms with Crippen LogP contribution in [-0.4, -0.2) is 27.0 Å². The molecular formula is C18H19N3O4. The highest BCUT2D eigenvalue weighted by atomic mass is 16.4. The van der Waals surface area contributed by atoms with Gasteiger partial charge in [0, 0.05) is 23.0 Å². The maximum Gasteiger partial charge on any atom is 0.307 e. The number of carbonyl (C=O) groups excluding carboxylic acids is 1. The molecule has 1 aromatic carbocycles. The van der Waals surface area contributed by atoms with Crippen LogP contribution in [0.3, 0.4) is 0 Å². The number of benzene rings is 1. The highest BCUT2D eigenvalue weighted by Gasteiger charge is 2.65. The van der Waals surface area contributed by atoms with Crippen molar-refractivity contribution in [1.29, 1.82) is 0 Å². The number of aromatic nitrogens is 2. The van der Waals surface area contributed by atoms with Gasteiger partial charge in [-0.05, 0) is 24.5 Å². The molecule has 0 aliphatic heterocycles. The number of carboxylic acids is 1. The van der Waals surface area contributed by atoms with Crippen molar-refractivity contribution in [2.45, 2.75) is 20.8 Å². The van der Waals surface area contributed by atoms with Gasteiger partial charge in [-0.25, -0.2) is 4.98 Å². The van der Waals surface area contributed by atoms with Crippen LogP contribution >= 0.6 is 0 Å². The summed E-state index contributed by atoms with van der Waals surface area (Å²) in [7, 11) is 0. The lowest BCUT2D eigenvalue weighted by Crippen LogP contribution is -2.17. The van der Waals surface area contributed by atoms with E-state index in [1.165, 1.54) is 6.07 Å². The van der Waals surface area contributed by atoms with Gasteiger partial charge < -0.3 is 15.4 Å². The summed E-state index contributed by atoms with van der Waals surface area (Å²) in [6.07, 6.45) is 0. The van der Waals surface area contributed by atoms with Crippen LogP contribution in [0.5, 0.6) is 0 Å². The Bertz CT molecular complexity index is 917. The Labute approximate surface area is 144 Å². The number of H-pyrrole nitrogens is 1. The van der Waals surface area contributed by atoms with Gasteiger partial charge in [-0.2, -0.15) is 0 Å². The SMILES string of the molecule is Cc1cc(=O)[nH]c(-c2cccc(NC(=O)C3C(C(=O)O)C3(C)C)c2)n1. The van der Waals surface area contributed by atoms with Gasteiger partial charge in [0.05, 0.1) is 11.8 Å². The van der Waals surface area contributed by atoms with E-state index in [4.69, 9.17) is 0 Å².